The minimum absolute atomic E-state index is 0.0104. The zero-order valence-corrected chi connectivity index (χ0v) is 12.9. The fraction of sp³-hybridized carbons (Fsp3) is 0.500. The van der Waals surface area contributed by atoms with Crippen molar-refractivity contribution in [3.63, 3.8) is 0 Å². The fourth-order valence-corrected chi connectivity index (χ4v) is 2.96. The molecular weight excluding hydrogens is 278 g/mol. The molecule has 1 aromatic rings. The Kier molecular flexibility index (Phi) is 6.01. The van der Waals surface area contributed by atoms with Gasteiger partial charge in [0.05, 0.1) is 17.2 Å². The summed E-state index contributed by atoms with van der Waals surface area (Å²) in [7, 11) is -3.05. The molecule has 20 heavy (non-hydrogen) atoms. The van der Waals surface area contributed by atoms with E-state index in [2.05, 4.69) is 5.16 Å². The van der Waals surface area contributed by atoms with Gasteiger partial charge in [-0.1, -0.05) is 23.7 Å². The largest absolute Gasteiger partial charge is 0.492 e. The Morgan fingerprint density at radius 3 is 2.65 bits per heavy atom. The lowest BCUT2D eigenvalue weighted by Crippen LogP contribution is -2.17. The summed E-state index contributed by atoms with van der Waals surface area (Å²) < 4.78 is 28.7. The number of sulfone groups is 1. The van der Waals surface area contributed by atoms with Crippen molar-refractivity contribution in [1.82, 2.24) is 0 Å². The van der Waals surface area contributed by atoms with E-state index in [1.807, 2.05) is 26.0 Å². The first-order valence-corrected chi connectivity index (χ1v) is 8.34. The van der Waals surface area contributed by atoms with Gasteiger partial charge in [0.15, 0.2) is 9.84 Å². The van der Waals surface area contributed by atoms with Crippen molar-refractivity contribution in [3.05, 3.63) is 29.3 Å². The van der Waals surface area contributed by atoms with E-state index in [-0.39, 0.29) is 18.1 Å². The van der Waals surface area contributed by atoms with Gasteiger partial charge in [-0.2, -0.15) is 0 Å². The van der Waals surface area contributed by atoms with Crippen LogP contribution in [0.2, 0.25) is 0 Å². The first-order chi connectivity index (χ1) is 9.39. The molecule has 0 aromatic heterocycles. The molecule has 6 heteroatoms. The zero-order chi connectivity index (χ0) is 15.2. The van der Waals surface area contributed by atoms with Crippen LogP contribution in [0.5, 0.6) is 5.75 Å². The van der Waals surface area contributed by atoms with Gasteiger partial charge in [0.2, 0.25) is 0 Å². The van der Waals surface area contributed by atoms with Gasteiger partial charge in [-0.25, -0.2) is 8.42 Å². The highest BCUT2D eigenvalue weighted by Gasteiger charge is 2.12. The van der Waals surface area contributed by atoms with Crippen molar-refractivity contribution in [2.75, 3.05) is 18.1 Å². The molecule has 1 aromatic carbocycles. The van der Waals surface area contributed by atoms with E-state index < -0.39 is 9.84 Å². The minimum atomic E-state index is -3.05. The lowest BCUT2D eigenvalue weighted by molar-refractivity contribution is 0.317. The summed E-state index contributed by atoms with van der Waals surface area (Å²) in [6.45, 7) is 5.51. The van der Waals surface area contributed by atoms with Crippen LogP contribution in [-0.4, -0.2) is 37.4 Å². The van der Waals surface area contributed by atoms with Crippen LogP contribution in [-0.2, 0) is 9.84 Å². The van der Waals surface area contributed by atoms with E-state index >= 15 is 0 Å². The molecule has 0 amide bonds. The van der Waals surface area contributed by atoms with Crippen LogP contribution in [0.25, 0.3) is 0 Å². The quantitative estimate of drug-likeness (QED) is 0.476. The van der Waals surface area contributed by atoms with Crippen LogP contribution in [0.15, 0.2) is 23.4 Å². The predicted octanol–water partition coefficient (Wildman–Crippen LogP) is 2.40. The highest BCUT2D eigenvalue weighted by Crippen LogP contribution is 2.21. The van der Waals surface area contributed by atoms with Gasteiger partial charge in [-0.3, -0.25) is 0 Å². The van der Waals surface area contributed by atoms with Crippen molar-refractivity contribution in [2.24, 2.45) is 5.16 Å². The average molecular weight is 299 g/mol. The van der Waals surface area contributed by atoms with Gasteiger partial charge in [0.1, 0.15) is 12.4 Å². The van der Waals surface area contributed by atoms with Gasteiger partial charge in [-0.15, -0.1) is 0 Å². The molecule has 112 valence electrons. The first-order valence-electron chi connectivity index (χ1n) is 6.52. The summed E-state index contributed by atoms with van der Waals surface area (Å²) in [5.41, 5.74) is 2.11. The van der Waals surface area contributed by atoms with Crippen LogP contribution in [0.1, 0.15) is 31.4 Å². The monoisotopic (exact) mass is 299 g/mol. The number of ether oxygens (including phenoxy) is 1. The van der Waals surface area contributed by atoms with E-state index in [4.69, 9.17) is 9.94 Å². The number of hydrogen-bond acceptors (Lipinski definition) is 5. The molecule has 0 saturated carbocycles. The van der Waals surface area contributed by atoms with Crippen molar-refractivity contribution < 1.29 is 18.4 Å². The Hall–Kier alpha value is -1.56. The Bertz CT molecular complexity index is 579. The molecule has 0 spiro atoms. The Morgan fingerprint density at radius 1 is 1.35 bits per heavy atom. The van der Waals surface area contributed by atoms with E-state index in [0.29, 0.717) is 23.4 Å². The third-order valence-corrected chi connectivity index (χ3v) is 4.66. The van der Waals surface area contributed by atoms with Gasteiger partial charge < -0.3 is 9.94 Å². The molecule has 1 rings (SSSR count). The molecule has 1 N–H and O–H groups in total. The molecular formula is C14H21NO4S. The number of nitrogens with zero attached hydrogens (tertiary/aromatic N) is 1. The molecule has 0 aliphatic heterocycles. The molecule has 0 unspecified atom stereocenters. The number of aryl methyl sites for hydroxylation is 1. The first kappa shape index (κ1) is 16.5. The summed E-state index contributed by atoms with van der Waals surface area (Å²) >= 11 is 0. The summed E-state index contributed by atoms with van der Waals surface area (Å²) in [5.74, 6) is 0.690. The lowest BCUT2D eigenvalue weighted by Gasteiger charge is -2.11. The molecule has 0 aliphatic rings. The molecule has 0 aliphatic carbocycles. The maximum atomic E-state index is 11.6. The van der Waals surface area contributed by atoms with Crippen molar-refractivity contribution in [3.8, 4) is 5.75 Å². The summed E-state index contributed by atoms with van der Waals surface area (Å²) in [4.78, 5) is 0. The number of rotatable bonds is 7. The summed E-state index contributed by atoms with van der Waals surface area (Å²) in [5, 5.41) is 12.0. The maximum absolute atomic E-state index is 11.6. The van der Waals surface area contributed by atoms with E-state index in [1.165, 1.54) is 0 Å². The van der Waals surface area contributed by atoms with E-state index in [1.54, 1.807) is 13.0 Å². The van der Waals surface area contributed by atoms with Crippen LogP contribution < -0.4 is 4.74 Å². The van der Waals surface area contributed by atoms with E-state index in [0.717, 1.165) is 5.56 Å². The second kappa shape index (κ2) is 7.28. The highest BCUT2D eigenvalue weighted by molar-refractivity contribution is 7.91. The zero-order valence-electron chi connectivity index (χ0n) is 12.1. The molecule has 0 bridgehead atoms. The third kappa shape index (κ3) is 4.85. The van der Waals surface area contributed by atoms with Crippen molar-refractivity contribution in [1.29, 1.82) is 0 Å². The third-order valence-electron chi connectivity index (χ3n) is 2.84. The van der Waals surface area contributed by atoms with Crippen LogP contribution in [0.4, 0.5) is 0 Å². The standard InChI is InChI=1S/C14H21NO4S/c1-4-8-20(17,18)9-7-19-14-6-5-11(2)10-13(14)12(3)15-16/h5-6,10,16H,4,7-9H2,1-3H3/b15-12+. The van der Waals surface area contributed by atoms with Gasteiger partial charge in [0, 0.05) is 5.56 Å². The topological polar surface area (TPSA) is 76.0 Å². The maximum Gasteiger partial charge on any atom is 0.153 e. The summed E-state index contributed by atoms with van der Waals surface area (Å²) in [6, 6.07) is 5.46. The Morgan fingerprint density at radius 2 is 2.05 bits per heavy atom. The van der Waals surface area contributed by atoms with Crippen molar-refractivity contribution >= 4 is 15.5 Å². The van der Waals surface area contributed by atoms with Gasteiger partial charge in [-0.05, 0) is 32.4 Å². The Balaban J connectivity index is 2.79. The minimum Gasteiger partial charge on any atom is -0.492 e. The molecule has 0 saturated heterocycles. The van der Waals surface area contributed by atoms with E-state index in [9.17, 15) is 8.42 Å². The average Bonchev–Trinajstić information content (AvgIpc) is 2.39. The second-order valence-corrected chi connectivity index (χ2v) is 6.99. The highest BCUT2D eigenvalue weighted by atomic mass is 32.2. The van der Waals surface area contributed by atoms with Gasteiger partial charge >= 0.3 is 0 Å². The normalized spacial score (nSPS) is 12.4. The molecule has 0 atom stereocenters. The van der Waals surface area contributed by atoms with Crippen molar-refractivity contribution in [2.45, 2.75) is 27.2 Å². The fourth-order valence-electron chi connectivity index (χ4n) is 1.80. The van der Waals surface area contributed by atoms with Crippen LogP contribution in [0.3, 0.4) is 0 Å². The number of hydrogen-bond donors (Lipinski definition) is 1. The van der Waals surface area contributed by atoms with Crippen LogP contribution >= 0.6 is 0 Å². The second-order valence-electron chi connectivity index (χ2n) is 4.69. The molecule has 0 heterocycles. The summed E-state index contributed by atoms with van der Waals surface area (Å²) in [6.07, 6.45) is 0.606. The molecule has 5 nitrogen and oxygen atoms in total. The Labute approximate surface area is 120 Å². The SMILES string of the molecule is CCCS(=O)(=O)CCOc1ccc(C)cc1/C(C)=N/O. The van der Waals surface area contributed by atoms with Gasteiger partial charge in [0.25, 0.3) is 0 Å². The van der Waals surface area contributed by atoms with Crippen LogP contribution in [0, 0.1) is 6.92 Å². The molecule has 0 radical (unpaired) electrons. The predicted molar refractivity (Wildman–Crippen MR) is 79.6 cm³/mol. The number of benzene rings is 1. The number of oxime groups is 1. The lowest BCUT2D eigenvalue weighted by atomic mass is 10.1. The molecule has 0 fully saturated rings. The smallest absolute Gasteiger partial charge is 0.153 e.